The Morgan fingerprint density at radius 3 is 2.31 bits per heavy atom. The van der Waals surface area contributed by atoms with Crippen LogP contribution < -0.4 is 0 Å². The third-order valence-electron chi connectivity index (χ3n) is 2.91. The molecule has 2 rings (SSSR count). The highest BCUT2D eigenvalue weighted by Gasteiger charge is 2.07. The Morgan fingerprint density at radius 1 is 0.875 bits per heavy atom. The Hall–Kier alpha value is -1.56. The summed E-state index contributed by atoms with van der Waals surface area (Å²) >= 11 is 0. The Kier molecular flexibility index (Phi) is 3.09. The monoisotopic (exact) mass is 210 g/mol. The number of hydrogen-bond donors (Lipinski definition) is 0. The molecule has 0 heteroatoms. The molecule has 0 aliphatic carbocycles. The summed E-state index contributed by atoms with van der Waals surface area (Å²) < 4.78 is 0. The van der Waals surface area contributed by atoms with Gasteiger partial charge in [-0.2, -0.15) is 0 Å². The number of aryl methyl sites for hydroxylation is 1. The SMILES string of the molecule is Cc1cccc(-c2ccccc2C(C)C)c1. The number of rotatable bonds is 2. The summed E-state index contributed by atoms with van der Waals surface area (Å²) in [5, 5.41) is 0. The van der Waals surface area contributed by atoms with Gasteiger partial charge in [-0.05, 0) is 29.5 Å². The average Bonchev–Trinajstić information content (AvgIpc) is 2.29. The molecule has 0 nitrogen and oxygen atoms in total. The van der Waals surface area contributed by atoms with Crippen molar-refractivity contribution in [1.29, 1.82) is 0 Å². The third-order valence-corrected chi connectivity index (χ3v) is 2.91. The molecule has 0 saturated carbocycles. The van der Waals surface area contributed by atoms with E-state index in [9.17, 15) is 0 Å². The highest BCUT2D eigenvalue weighted by atomic mass is 14.1. The molecule has 0 bridgehead atoms. The quantitative estimate of drug-likeness (QED) is 0.668. The maximum Gasteiger partial charge on any atom is -0.0149 e. The van der Waals surface area contributed by atoms with E-state index in [0.717, 1.165) is 0 Å². The van der Waals surface area contributed by atoms with Gasteiger partial charge in [-0.15, -0.1) is 0 Å². The van der Waals surface area contributed by atoms with Crippen LogP contribution in [-0.2, 0) is 0 Å². The van der Waals surface area contributed by atoms with Gasteiger partial charge in [-0.1, -0.05) is 67.9 Å². The van der Waals surface area contributed by atoms with Crippen molar-refractivity contribution in [2.24, 2.45) is 0 Å². The average molecular weight is 210 g/mol. The minimum atomic E-state index is 0.566. The first kappa shape index (κ1) is 10.9. The van der Waals surface area contributed by atoms with Crippen LogP contribution >= 0.6 is 0 Å². The maximum absolute atomic E-state index is 2.25. The highest BCUT2D eigenvalue weighted by molar-refractivity contribution is 5.68. The van der Waals surface area contributed by atoms with Crippen molar-refractivity contribution in [3.8, 4) is 11.1 Å². The zero-order chi connectivity index (χ0) is 11.5. The lowest BCUT2D eigenvalue weighted by atomic mass is 9.92. The predicted octanol–water partition coefficient (Wildman–Crippen LogP) is 4.79. The van der Waals surface area contributed by atoms with Crippen molar-refractivity contribution < 1.29 is 0 Å². The van der Waals surface area contributed by atoms with E-state index in [4.69, 9.17) is 0 Å². The van der Waals surface area contributed by atoms with Crippen LogP contribution in [0, 0.1) is 6.92 Å². The van der Waals surface area contributed by atoms with Gasteiger partial charge < -0.3 is 0 Å². The maximum atomic E-state index is 2.25. The van der Waals surface area contributed by atoms with Crippen LogP contribution in [0.4, 0.5) is 0 Å². The van der Waals surface area contributed by atoms with E-state index in [1.807, 2.05) is 0 Å². The first-order chi connectivity index (χ1) is 7.68. The summed E-state index contributed by atoms with van der Waals surface area (Å²) in [4.78, 5) is 0. The largest absolute Gasteiger partial charge is 0.0619 e. The standard InChI is InChI=1S/C16H18/c1-12(2)15-9-4-5-10-16(15)14-8-6-7-13(3)11-14/h4-12H,1-3H3. The van der Waals surface area contributed by atoms with Crippen molar-refractivity contribution in [2.75, 3.05) is 0 Å². The molecule has 2 aromatic carbocycles. The smallest absolute Gasteiger partial charge is 0.0149 e. The molecular formula is C16H18. The van der Waals surface area contributed by atoms with Gasteiger partial charge in [0.25, 0.3) is 0 Å². The molecule has 0 spiro atoms. The molecule has 0 atom stereocenters. The first-order valence-corrected chi connectivity index (χ1v) is 5.84. The molecule has 0 aliphatic heterocycles. The summed E-state index contributed by atoms with van der Waals surface area (Å²) in [7, 11) is 0. The van der Waals surface area contributed by atoms with Gasteiger partial charge in [0.15, 0.2) is 0 Å². The van der Waals surface area contributed by atoms with Crippen LogP contribution in [0.2, 0.25) is 0 Å². The van der Waals surface area contributed by atoms with Gasteiger partial charge >= 0.3 is 0 Å². The molecule has 0 aliphatic rings. The molecule has 2 aromatic rings. The van der Waals surface area contributed by atoms with Crippen LogP contribution in [0.1, 0.15) is 30.9 Å². The molecule has 82 valence electrons. The summed E-state index contributed by atoms with van der Waals surface area (Å²) in [6, 6.07) is 17.4. The molecule has 0 N–H and O–H groups in total. The van der Waals surface area contributed by atoms with E-state index in [-0.39, 0.29) is 0 Å². The second-order valence-corrected chi connectivity index (χ2v) is 4.61. The summed E-state index contributed by atoms with van der Waals surface area (Å²) in [5.41, 5.74) is 5.43. The van der Waals surface area contributed by atoms with Gasteiger partial charge in [-0.25, -0.2) is 0 Å². The second kappa shape index (κ2) is 4.52. The fourth-order valence-electron chi connectivity index (χ4n) is 2.08. The van der Waals surface area contributed by atoms with Crippen LogP contribution in [0.3, 0.4) is 0 Å². The van der Waals surface area contributed by atoms with Gasteiger partial charge in [0.2, 0.25) is 0 Å². The molecule has 0 amide bonds. The zero-order valence-electron chi connectivity index (χ0n) is 10.2. The van der Waals surface area contributed by atoms with E-state index in [1.165, 1.54) is 22.3 Å². The molecule has 0 unspecified atom stereocenters. The topological polar surface area (TPSA) is 0 Å². The van der Waals surface area contributed by atoms with E-state index < -0.39 is 0 Å². The fraction of sp³-hybridized carbons (Fsp3) is 0.250. The fourth-order valence-corrected chi connectivity index (χ4v) is 2.08. The molecule has 0 radical (unpaired) electrons. The van der Waals surface area contributed by atoms with Gasteiger partial charge in [0.1, 0.15) is 0 Å². The minimum absolute atomic E-state index is 0.566. The Balaban J connectivity index is 2.55. The first-order valence-electron chi connectivity index (χ1n) is 5.84. The number of hydrogen-bond acceptors (Lipinski definition) is 0. The van der Waals surface area contributed by atoms with Gasteiger partial charge in [0, 0.05) is 0 Å². The van der Waals surface area contributed by atoms with Crippen molar-refractivity contribution in [2.45, 2.75) is 26.7 Å². The second-order valence-electron chi connectivity index (χ2n) is 4.61. The predicted molar refractivity (Wildman–Crippen MR) is 70.7 cm³/mol. The zero-order valence-corrected chi connectivity index (χ0v) is 10.2. The van der Waals surface area contributed by atoms with Crippen LogP contribution in [0.25, 0.3) is 11.1 Å². The van der Waals surface area contributed by atoms with Crippen molar-refractivity contribution in [3.05, 3.63) is 59.7 Å². The minimum Gasteiger partial charge on any atom is -0.0619 e. The van der Waals surface area contributed by atoms with Crippen LogP contribution in [0.15, 0.2) is 48.5 Å². The summed E-state index contributed by atoms with van der Waals surface area (Å²) in [6.45, 7) is 6.63. The molecule has 16 heavy (non-hydrogen) atoms. The summed E-state index contributed by atoms with van der Waals surface area (Å²) in [5.74, 6) is 0.566. The van der Waals surface area contributed by atoms with Crippen molar-refractivity contribution in [3.63, 3.8) is 0 Å². The van der Waals surface area contributed by atoms with Gasteiger partial charge in [0.05, 0.1) is 0 Å². The van der Waals surface area contributed by atoms with Crippen LogP contribution in [-0.4, -0.2) is 0 Å². The Labute approximate surface area is 97.9 Å². The molecule has 0 saturated heterocycles. The Bertz CT molecular complexity index is 481. The normalized spacial score (nSPS) is 10.8. The number of benzene rings is 2. The molecule has 0 aromatic heterocycles. The summed E-state index contributed by atoms with van der Waals surface area (Å²) in [6.07, 6.45) is 0. The van der Waals surface area contributed by atoms with Gasteiger partial charge in [-0.3, -0.25) is 0 Å². The van der Waals surface area contributed by atoms with E-state index in [1.54, 1.807) is 0 Å². The molecule has 0 fully saturated rings. The van der Waals surface area contributed by atoms with Crippen molar-refractivity contribution >= 4 is 0 Å². The Morgan fingerprint density at radius 2 is 1.62 bits per heavy atom. The lowest BCUT2D eigenvalue weighted by Gasteiger charge is -2.13. The third kappa shape index (κ3) is 2.16. The lowest BCUT2D eigenvalue weighted by molar-refractivity contribution is 0.869. The molecule has 0 heterocycles. The van der Waals surface area contributed by atoms with Crippen molar-refractivity contribution in [1.82, 2.24) is 0 Å². The lowest BCUT2D eigenvalue weighted by Crippen LogP contribution is -1.91. The molecular weight excluding hydrogens is 192 g/mol. The van der Waals surface area contributed by atoms with E-state index in [2.05, 4.69) is 69.3 Å². The van der Waals surface area contributed by atoms with Crippen LogP contribution in [0.5, 0.6) is 0 Å². The highest BCUT2D eigenvalue weighted by Crippen LogP contribution is 2.29. The van der Waals surface area contributed by atoms with E-state index >= 15 is 0 Å². The van der Waals surface area contributed by atoms with E-state index in [0.29, 0.717) is 5.92 Å².